The van der Waals surface area contributed by atoms with Crippen LogP contribution in [0.4, 0.5) is 13.6 Å². The van der Waals surface area contributed by atoms with Crippen molar-refractivity contribution in [1.82, 2.24) is 5.32 Å². The third-order valence-electron chi connectivity index (χ3n) is 3.15. The number of rotatable bonds is 3. The summed E-state index contributed by atoms with van der Waals surface area (Å²) in [6.07, 6.45) is 0.974. The summed E-state index contributed by atoms with van der Waals surface area (Å²) in [5.41, 5.74) is 2.87. The Balaban J connectivity index is 2.79. The molecule has 0 unspecified atom stereocenters. The molecular weight excluding hydrogens is 242 g/mol. The summed E-state index contributed by atoms with van der Waals surface area (Å²) in [4.78, 5) is 11.7. The van der Waals surface area contributed by atoms with E-state index in [0.717, 1.165) is 0 Å². The first-order chi connectivity index (χ1) is 8.12. The molecule has 1 amide bonds. The van der Waals surface area contributed by atoms with Crippen LogP contribution in [0, 0.1) is 0 Å². The quantitative estimate of drug-likeness (QED) is 0.822. The maximum Gasteiger partial charge on any atom is 0.408 e. The highest BCUT2D eigenvalue weighted by Crippen LogP contribution is 2.41. The third-order valence-corrected chi connectivity index (χ3v) is 3.15. The number of hydrogen-bond acceptors (Lipinski definition) is 3. The summed E-state index contributed by atoms with van der Waals surface area (Å²) in [6, 6.07) is 0. The van der Waals surface area contributed by atoms with Gasteiger partial charge in [-0.1, -0.05) is 12.8 Å². The molecule has 0 aromatic heterocycles. The van der Waals surface area contributed by atoms with Gasteiger partial charge in [-0.25, -0.2) is 13.6 Å². The van der Waals surface area contributed by atoms with Crippen molar-refractivity contribution in [2.75, 3.05) is 6.54 Å². The molecule has 0 heterocycles. The number of halogens is 2. The van der Waals surface area contributed by atoms with Crippen LogP contribution < -0.4 is 11.1 Å². The van der Waals surface area contributed by atoms with E-state index in [0.29, 0.717) is 12.8 Å². The van der Waals surface area contributed by atoms with Crippen molar-refractivity contribution in [3.63, 3.8) is 0 Å². The normalized spacial score (nSPS) is 19.7. The number of amides is 1. The molecule has 4 nitrogen and oxygen atoms in total. The van der Waals surface area contributed by atoms with E-state index in [1.807, 2.05) is 0 Å². The first-order valence-electron chi connectivity index (χ1n) is 6.21. The van der Waals surface area contributed by atoms with Crippen LogP contribution in [0.25, 0.3) is 0 Å². The Morgan fingerprint density at radius 3 is 2.22 bits per heavy atom. The molecule has 0 spiro atoms. The SMILES string of the molecule is CC(C)(C)OC(=O)NC1(C(F)(F)CN)CCCC1. The van der Waals surface area contributed by atoms with Gasteiger partial charge in [0.05, 0.1) is 6.54 Å². The average Bonchev–Trinajstić information content (AvgIpc) is 2.64. The Kier molecular flexibility index (Phi) is 4.20. The van der Waals surface area contributed by atoms with E-state index in [1.54, 1.807) is 20.8 Å². The molecule has 0 aromatic carbocycles. The summed E-state index contributed by atoms with van der Waals surface area (Å²) in [6.45, 7) is 4.29. The largest absolute Gasteiger partial charge is 0.444 e. The summed E-state index contributed by atoms with van der Waals surface area (Å²) >= 11 is 0. The minimum absolute atomic E-state index is 0.233. The van der Waals surface area contributed by atoms with Gasteiger partial charge in [0.2, 0.25) is 0 Å². The molecule has 6 heteroatoms. The Labute approximate surface area is 106 Å². The van der Waals surface area contributed by atoms with Gasteiger partial charge >= 0.3 is 6.09 Å². The molecule has 1 aliphatic carbocycles. The van der Waals surface area contributed by atoms with E-state index < -0.39 is 29.7 Å². The zero-order valence-corrected chi connectivity index (χ0v) is 11.2. The number of alkyl carbamates (subject to hydrolysis) is 1. The second-order valence-corrected chi connectivity index (χ2v) is 5.82. The van der Waals surface area contributed by atoms with E-state index in [1.165, 1.54) is 0 Å². The summed E-state index contributed by atoms with van der Waals surface area (Å²) in [5.74, 6) is -3.11. The molecule has 1 fully saturated rings. The highest BCUT2D eigenvalue weighted by Gasteiger charge is 2.55. The number of carbonyl (C=O) groups is 1. The molecule has 18 heavy (non-hydrogen) atoms. The second-order valence-electron chi connectivity index (χ2n) is 5.82. The lowest BCUT2D eigenvalue weighted by Gasteiger charge is -2.37. The highest BCUT2D eigenvalue weighted by molar-refractivity contribution is 5.69. The van der Waals surface area contributed by atoms with Gasteiger partial charge in [0.15, 0.2) is 0 Å². The summed E-state index contributed by atoms with van der Waals surface area (Å²) < 4.78 is 32.9. The van der Waals surface area contributed by atoms with E-state index in [4.69, 9.17) is 10.5 Å². The standard InChI is InChI=1S/C12H22F2N2O2/c1-10(2,3)18-9(17)16-11(6-4-5-7-11)12(13,14)8-15/h4-8,15H2,1-3H3,(H,16,17). The number of hydrogen-bond donors (Lipinski definition) is 2. The van der Waals surface area contributed by atoms with E-state index in [-0.39, 0.29) is 12.8 Å². The van der Waals surface area contributed by atoms with E-state index in [2.05, 4.69) is 5.32 Å². The summed E-state index contributed by atoms with van der Waals surface area (Å²) in [5, 5.41) is 2.35. The molecule has 0 bridgehead atoms. The highest BCUT2D eigenvalue weighted by atomic mass is 19.3. The Hall–Kier alpha value is -0.910. The molecule has 1 rings (SSSR count). The predicted octanol–water partition coefficient (Wildman–Crippen LogP) is 2.42. The number of ether oxygens (including phenoxy) is 1. The average molecular weight is 264 g/mol. The van der Waals surface area contributed by atoms with Crippen LogP contribution in [0.3, 0.4) is 0 Å². The number of alkyl halides is 2. The first kappa shape index (κ1) is 15.1. The van der Waals surface area contributed by atoms with Gasteiger partial charge in [0.25, 0.3) is 5.92 Å². The van der Waals surface area contributed by atoms with Crippen molar-refractivity contribution in [1.29, 1.82) is 0 Å². The van der Waals surface area contributed by atoms with Gasteiger partial charge < -0.3 is 15.8 Å². The van der Waals surface area contributed by atoms with Crippen molar-refractivity contribution in [2.45, 2.75) is 63.5 Å². The fourth-order valence-corrected chi connectivity index (χ4v) is 2.26. The van der Waals surface area contributed by atoms with Gasteiger partial charge in [-0.05, 0) is 33.6 Å². The third kappa shape index (κ3) is 3.31. The summed E-state index contributed by atoms with van der Waals surface area (Å²) in [7, 11) is 0. The van der Waals surface area contributed by atoms with Crippen molar-refractivity contribution in [3.8, 4) is 0 Å². The van der Waals surface area contributed by atoms with Crippen molar-refractivity contribution in [3.05, 3.63) is 0 Å². The lowest BCUT2D eigenvalue weighted by molar-refractivity contribution is -0.0810. The smallest absolute Gasteiger partial charge is 0.408 e. The van der Waals surface area contributed by atoms with Crippen LogP contribution in [0.5, 0.6) is 0 Å². The molecule has 0 aromatic rings. The van der Waals surface area contributed by atoms with Crippen molar-refractivity contribution < 1.29 is 18.3 Å². The van der Waals surface area contributed by atoms with Crippen LogP contribution in [-0.4, -0.2) is 29.7 Å². The Bertz CT molecular complexity index is 308. The fourth-order valence-electron chi connectivity index (χ4n) is 2.26. The maximum absolute atomic E-state index is 13.9. The lowest BCUT2D eigenvalue weighted by Crippen LogP contribution is -2.62. The molecule has 0 saturated heterocycles. The van der Waals surface area contributed by atoms with E-state index in [9.17, 15) is 13.6 Å². The molecule has 1 saturated carbocycles. The van der Waals surface area contributed by atoms with Crippen molar-refractivity contribution in [2.24, 2.45) is 5.73 Å². The van der Waals surface area contributed by atoms with Gasteiger partial charge in [-0.15, -0.1) is 0 Å². The number of nitrogens with one attached hydrogen (secondary N) is 1. The van der Waals surface area contributed by atoms with Gasteiger partial charge in [-0.3, -0.25) is 0 Å². The molecule has 0 radical (unpaired) electrons. The topological polar surface area (TPSA) is 64.3 Å². The molecule has 3 N–H and O–H groups in total. The lowest BCUT2D eigenvalue weighted by atomic mass is 9.89. The van der Waals surface area contributed by atoms with Crippen LogP contribution >= 0.6 is 0 Å². The molecule has 0 aliphatic heterocycles. The van der Waals surface area contributed by atoms with Gasteiger partial charge in [0.1, 0.15) is 11.1 Å². The fraction of sp³-hybridized carbons (Fsp3) is 0.917. The molecule has 0 atom stereocenters. The van der Waals surface area contributed by atoms with E-state index >= 15 is 0 Å². The molecule has 1 aliphatic rings. The van der Waals surface area contributed by atoms with Crippen LogP contribution in [0.1, 0.15) is 46.5 Å². The zero-order valence-electron chi connectivity index (χ0n) is 11.2. The zero-order chi connectivity index (χ0) is 14.0. The van der Waals surface area contributed by atoms with Gasteiger partial charge in [0, 0.05) is 0 Å². The minimum atomic E-state index is -3.11. The minimum Gasteiger partial charge on any atom is -0.444 e. The number of carbonyl (C=O) groups excluding carboxylic acids is 1. The van der Waals surface area contributed by atoms with Gasteiger partial charge in [-0.2, -0.15) is 0 Å². The Morgan fingerprint density at radius 2 is 1.83 bits per heavy atom. The predicted molar refractivity (Wildman–Crippen MR) is 64.6 cm³/mol. The number of nitrogens with two attached hydrogens (primary N) is 1. The maximum atomic E-state index is 13.9. The van der Waals surface area contributed by atoms with Crippen LogP contribution in [0.2, 0.25) is 0 Å². The Morgan fingerprint density at radius 1 is 1.33 bits per heavy atom. The molecular formula is C12H22F2N2O2. The van der Waals surface area contributed by atoms with Crippen molar-refractivity contribution >= 4 is 6.09 Å². The molecule has 106 valence electrons. The van der Waals surface area contributed by atoms with Crippen LogP contribution in [-0.2, 0) is 4.74 Å². The monoisotopic (exact) mass is 264 g/mol. The van der Waals surface area contributed by atoms with Crippen LogP contribution in [0.15, 0.2) is 0 Å². The first-order valence-corrected chi connectivity index (χ1v) is 6.21. The second kappa shape index (κ2) is 4.99.